The summed E-state index contributed by atoms with van der Waals surface area (Å²) in [4.78, 5) is 13.3. The highest BCUT2D eigenvalue weighted by molar-refractivity contribution is 6.35. The van der Waals surface area contributed by atoms with Crippen LogP contribution in [0, 0.1) is 6.92 Å². The monoisotopic (exact) mass is 419 g/mol. The van der Waals surface area contributed by atoms with Gasteiger partial charge in [-0.1, -0.05) is 53.0 Å². The Kier molecular flexibility index (Phi) is 5.60. The van der Waals surface area contributed by atoms with E-state index in [2.05, 4.69) is 20.2 Å². The first-order valence-corrected chi connectivity index (χ1v) is 9.56. The average molecular weight is 420 g/mol. The van der Waals surface area contributed by atoms with Gasteiger partial charge in [0, 0.05) is 33.6 Å². The molecule has 0 atom stereocenters. The van der Waals surface area contributed by atoms with Gasteiger partial charge in [-0.2, -0.15) is 5.11 Å². The molecular weight excluding hydrogens is 405 g/mol. The molecule has 0 radical (unpaired) electrons. The topological polar surface area (TPSA) is 63.4 Å². The van der Waals surface area contributed by atoms with E-state index in [9.17, 15) is 0 Å². The van der Waals surface area contributed by atoms with Gasteiger partial charge >= 0.3 is 0 Å². The van der Waals surface area contributed by atoms with E-state index in [4.69, 9.17) is 28.2 Å². The Balaban J connectivity index is 1.80. The fourth-order valence-corrected chi connectivity index (χ4v) is 3.23. The van der Waals surface area contributed by atoms with Crippen molar-refractivity contribution < 1.29 is 0 Å². The molecule has 0 aliphatic heterocycles. The fraction of sp³-hybridized carbons (Fsp3) is 0.0455. The average Bonchev–Trinajstić information content (AvgIpc) is 2.73. The Bertz CT molecular complexity index is 1160. The van der Waals surface area contributed by atoms with Gasteiger partial charge in [0.15, 0.2) is 5.82 Å². The molecule has 0 aliphatic carbocycles. The number of azo groups is 1. The molecule has 0 saturated heterocycles. The van der Waals surface area contributed by atoms with Crippen molar-refractivity contribution in [3.63, 3.8) is 0 Å². The summed E-state index contributed by atoms with van der Waals surface area (Å²) in [5.74, 6) is 0.568. The summed E-state index contributed by atoms with van der Waals surface area (Å²) in [6.07, 6.45) is 5.09. The van der Waals surface area contributed by atoms with Crippen LogP contribution in [-0.2, 0) is 0 Å². The second kappa shape index (κ2) is 8.47. The van der Waals surface area contributed by atoms with Gasteiger partial charge in [-0.05, 0) is 37.3 Å². The zero-order chi connectivity index (χ0) is 20.2. The second-order valence-corrected chi connectivity index (χ2v) is 7.24. The van der Waals surface area contributed by atoms with Crippen LogP contribution >= 0.6 is 23.2 Å². The highest BCUT2D eigenvalue weighted by Gasteiger charge is 2.11. The largest absolute Gasteiger partial charge is 0.264 e. The fourth-order valence-electron chi connectivity index (χ4n) is 2.72. The van der Waals surface area contributed by atoms with Crippen molar-refractivity contribution in [2.24, 2.45) is 10.2 Å². The molecule has 0 bridgehead atoms. The molecule has 0 spiro atoms. The normalized spacial score (nSPS) is 11.1. The van der Waals surface area contributed by atoms with Crippen LogP contribution in [0.1, 0.15) is 5.56 Å². The summed E-state index contributed by atoms with van der Waals surface area (Å²) in [7, 11) is 0. The molecule has 0 saturated carbocycles. The number of rotatable bonds is 4. The van der Waals surface area contributed by atoms with Gasteiger partial charge in [0.05, 0.1) is 11.9 Å². The predicted octanol–water partition coefficient (Wildman–Crippen LogP) is 7.24. The predicted molar refractivity (Wildman–Crippen MR) is 116 cm³/mol. The molecule has 7 heteroatoms. The Morgan fingerprint density at radius 2 is 1.59 bits per heavy atom. The third-order valence-electron chi connectivity index (χ3n) is 4.13. The van der Waals surface area contributed by atoms with E-state index in [1.54, 1.807) is 36.8 Å². The van der Waals surface area contributed by atoms with Crippen molar-refractivity contribution >= 4 is 34.6 Å². The van der Waals surface area contributed by atoms with Gasteiger partial charge in [-0.3, -0.25) is 4.98 Å². The van der Waals surface area contributed by atoms with Gasteiger partial charge in [0.2, 0.25) is 0 Å². The third kappa shape index (κ3) is 4.65. The van der Waals surface area contributed by atoms with Crippen LogP contribution in [0.2, 0.25) is 10.0 Å². The zero-order valence-corrected chi connectivity index (χ0v) is 16.9. The lowest BCUT2D eigenvalue weighted by Crippen LogP contribution is -1.93. The first-order valence-electron chi connectivity index (χ1n) is 8.81. The van der Waals surface area contributed by atoms with Crippen LogP contribution < -0.4 is 0 Å². The van der Waals surface area contributed by atoms with Crippen LogP contribution in [-0.4, -0.2) is 15.0 Å². The van der Waals surface area contributed by atoms with E-state index < -0.39 is 0 Å². The molecule has 2 aromatic heterocycles. The lowest BCUT2D eigenvalue weighted by atomic mass is 10.1. The van der Waals surface area contributed by atoms with Gasteiger partial charge < -0.3 is 0 Å². The van der Waals surface area contributed by atoms with E-state index in [1.165, 1.54) is 0 Å². The number of halogens is 2. The van der Waals surface area contributed by atoms with Crippen molar-refractivity contribution in [1.82, 2.24) is 15.0 Å². The van der Waals surface area contributed by atoms with Crippen molar-refractivity contribution in [1.29, 1.82) is 0 Å². The first-order chi connectivity index (χ1) is 14.1. The van der Waals surface area contributed by atoms with Crippen molar-refractivity contribution in [2.45, 2.75) is 6.92 Å². The van der Waals surface area contributed by atoms with E-state index in [-0.39, 0.29) is 0 Å². The van der Waals surface area contributed by atoms with Gasteiger partial charge in [-0.15, -0.1) is 5.11 Å². The van der Waals surface area contributed by atoms with Crippen molar-refractivity contribution in [3.05, 3.63) is 88.8 Å². The maximum atomic E-state index is 6.05. The molecule has 0 amide bonds. The van der Waals surface area contributed by atoms with E-state index in [0.29, 0.717) is 32.9 Å². The molecule has 4 rings (SSSR count). The number of pyridine rings is 1. The molecule has 0 aliphatic rings. The molecule has 4 aromatic rings. The standard InChI is InChI=1S/C22H15Cl2N5/c1-14-4-6-15(7-5-14)21-20(29-28-19-10-17(23)9-18(24)11-19)13-26-22(27-21)16-3-2-8-25-12-16/h2-13H,1H3. The Morgan fingerprint density at radius 1 is 0.828 bits per heavy atom. The molecule has 0 N–H and O–H groups in total. The summed E-state index contributed by atoms with van der Waals surface area (Å²) in [5, 5.41) is 9.62. The SMILES string of the molecule is Cc1ccc(-c2nc(-c3cccnc3)ncc2N=Nc2cc(Cl)cc(Cl)c2)cc1. The van der Waals surface area contributed by atoms with Crippen LogP contribution in [0.25, 0.3) is 22.6 Å². The molecule has 2 heterocycles. The van der Waals surface area contributed by atoms with Crippen LogP contribution in [0.4, 0.5) is 11.4 Å². The minimum Gasteiger partial charge on any atom is -0.264 e. The molecule has 5 nitrogen and oxygen atoms in total. The summed E-state index contributed by atoms with van der Waals surface area (Å²) >= 11 is 12.1. The number of aryl methyl sites for hydroxylation is 1. The second-order valence-electron chi connectivity index (χ2n) is 6.36. The number of hydrogen-bond donors (Lipinski definition) is 0. The van der Waals surface area contributed by atoms with E-state index >= 15 is 0 Å². The van der Waals surface area contributed by atoms with Crippen LogP contribution in [0.3, 0.4) is 0 Å². The lowest BCUT2D eigenvalue weighted by Gasteiger charge is -2.07. The molecule has 142 valence electrons. The van der Waals surface area contributed by atoms with E-state index in [0.717, 1.165) is 16.7 Å². The van der Waals surface area contributed by atoms with E-state index in [1.807, 2.05) is 43.3 Å². The molecule has 2 aromatic carbocycles. The third-order valence-corrected chi connectivity index (χ3v) is 4.57. The minimum atomic E-state index is 0.494. The lowest BCUT2D eigenvalue weighted by molar-refractivity contribution is 1.13. The number of nitrogens with zero attached hydrogens (tertiary/aromatic N) is 5. The molecular formula is C22H15Cl2N5. The highest BCUT2D eigenvalue weighted by atomic mass is 35.5. The number of benzene rings is 2. The van der Waals surface area contributed by atoms with Crippen LogP contribution in [0.15, 0.2) is 83.4 Å². The maximum Gasteiger partial charge on any atom is 0.161 e. The minimum absolute atomic E-state index is 0.494. The molecule has 0 fully saturated rings. The van der Waals surface area contributed by atoms with Crippen molar-refractivity contribution in [2.75, 3.05) is 0 Å². The Labute approximate surface area is 178 Å². The number of hydrogen-bond acceptors (Lipinski definition) is 5. The summed E-state index contributed by atoms with van der Waals surface area (Å²) in [5.41, 5.74) is 4.67. The smallest absolute Gasteiger partial charge is 0.161 e. The van der Waals surface area contributed by atoms with Crippen molar-refractivity contribution in [3.8, 4) is 22.6 Å². The van der Waals surface area contributed by atoms with Gasteiger partial charge in [-0.25, -0.2) is 9.97 Å². The van der Waals surface area contributed by atoms with Gasteiger partial charge in [0.1, 0.15) is 11.4 Å². The zero-order valence-electron chi connectivity index (χ0n) is 15.4. The summed E-state index contributed by atoms with van der Waals surface area (Å²) in [6, 6.07) is 16.8. The first kappa shape index (κ1) is 19.2. The Morgan fingerprint density at radius 3 is 2.28 bits per heavy atom. The number of aromatic nitrogens is 3. The van der Waals surface area contributed by atoms with Crippen LogP contribution in [0.5, 0.6) is 0 Å². The molecule has 0 unspecified atom stereocenters. The summed E-state index contributed by atoms with van der Waals surface area (Å²) in [6.45, 7) is 2.04. The quantitative estimate of drug-likeness (QED) is 0.327. The molecule has 29 heavy (non-hydrogen) atoms. The summed E-state index contributed by atoms with van der Waals surface area (Å²) < 4.78 is 0. The van der Waals surface area contributed by atoms with Gasteiger partial charge in [0.25, 0.3) is 0 Å². The maximum absolute atomic E-state index is 6.05. The Hall–Kier alpha value is -3.15. The highest BCUT2D eigenvalue weighted by Crippen LogP contribution is 2.32.